The lowest BCUT2D eigenvalue weighted by Crippen LogP contribution is -2.30. The quantitative estimate of drug-likeness (QED) is 0.925. The molecule has 16 heavy (non-hydrogen) atoms. The minimum Gasteiger partial charge on any atom is -0.330 e. The second kappa shape index (κ2) is 5.83. The van der Waals surface area contributed by atoms with E-state index in [1.807, 2.05) is 11.3 Å². The van der Waals surface area contributed by atoms with Crippen LogP contribution in [0.15, 0.2) is 15.9 Å². The molecule has 2 N–H and O–H groups in total. The van der Waals surface area contributed by atoms with Crippen molar-refractivity contribution in [3.8, 4) is 0 Å². The van der Waals surface area contributed by atoms with Crippen molar-refractivity contribution >= 4 is 39.7 Å². The van der Waals surface area contributed by atoms with Crippen molar-refractivity contribution in [3.63, 3.8) is 0 Å². The second-order valence-electron chi connectivity index (χ2n) is 4.71. The summed E-state index contributed by atoms with van der Waals surface area (Å²) >= 11 is 5.31. The maximum absolute atomic E-state index is 5.80. The van der Waals surface area contributed by atoms with Crippen LogP contribution in [0, 0.1) is 5.41 Å². The molecule has 5 heteroatoms. The first-order chi connectivity index (χ1) is 7.11. The van der Waals surface area contributed by atoms with E-state index in [0.717, 1.165) is 19.6 Å². The Labute approximate surface area is 116 Å². The molecule has 1 saturated heterocycles. The predicted molar refractivity (Wildman–Crippen MR) is 76.3 cm³/mol. The second-order valence-corrected chi connectivity index (χ2v) is 6.62. The van der Waals surface area contributed by atoms with Crippen molar-refractivity contribution < 1.29 is 0 Å². The summed E-state index contributed by atoms with van der Waals surface area (Å²) in [7, 11) is 0. The molecule has 0 bridgehead atoms. The summed E-state index contributed by atoms with van der Waals surface area (Å²) in [6, 6.07) is 2.21. The third-order valence-corrected chi connectivity index (χ3v) is 4.81. The average Bonchev–Trinajstić information content (AvgIpc) is 2.76. The number of nitrogens with two attached hydrogens (primary N) is 1. The molecule has 0 amide bonds. The Morgan fingerprint density at radius 2 is 2.38 bits per heavy atom. The molecular weight excluding hydrogens is 308 g/mol. The van der Waals surface area contributed by atoms with Gasteiger partial charge in [0.1, 0.15) is 0 Å². The molecule has 1 aliphatic rings. The van der Waals surface area contributed by atoms with Crippen LogP contribution in [0.3, 0.4) is 0 Å². The number of likely N-dealkylation sites (tertiary alicyclic amines) is 1. The molecule has 1 aliphatic heterocycles. The van der Waals surface area contributed by atoms with E-state index in [2.05, 4.69) is 39.2 Å². The van der Waals surface area contributed by atoms with Crippen molar-refractivity contribution in [1.29, 1.82) is 0 Å². The van der Waals surface area contributed by atoms with Crippen molar-refractivity contribution in [2.45, 2.75) is 19.9 Å². The lowest BCUT2D eigenvalue weighted by Gasteiger charge is -2.22. The van der Waals surface area contributed by atoms with E-state index >= 15 is 0 Å². The summed E-state index contributed by atoms with van der Waals surface area (Å²) in [5.74, 6) is 0. The third kappa shape index (κ3) is 3.44. The highest BCUT2D eigenvalue weighted by Crippen LogP contribution is 2.30. The van der Waals surface area contributed by atoms with E-state index in [9.17, 15) is 0 Å². The van der Waals surface area contributed by atoms with Gasteiger partial charge < -0.3 is 5.73 Å². The van der Waals surface area contributed by atoms with E-state index in [1.165, 1.54) is 22.3 Å². The number of thiophene rings is 1. The predicted octanol–water partition coefficient (Wildman–Crippen LogP) is 3.10. The first-order valence-corrected chi connectivity index (χ1v) is 6.94. The molecule has 92 valence electrons. The highest BCUT2D eigenvalue weighted by molar-refractivity contribution is 9.10. The molecule has 1 aromatic rings. The van der Waals surface area contributed by atoms with Crippen LogP contribution < -0.4 is 5.73 Å². The largest absolute Gasteiger partial charge is 0.330 e. The molecule has 0 radical (unpaired) electrons. The van der Waals surface area contributed by atoms with Crippen LogP contribution in [-0.4, -0.2) is 24.5 Å². The van der Waals surface area contributed by atoms with Crippen molar-refractivity contribution in [2.75, 3.05) is 19.6 Å². The molecule has 1 fully saturated rings. The Balaban J connectivity index is 0.00000128. The molecule has 1 atom stereocenters. The van der Waals surface area contributed by atoms with E-state index in [0.29, 0.717) is 5.41 Å². The molecule has 2 nitrogen and oxygen atoms in total. The molecule has 2 rings (SSSR count). The zero-order chi connectivity index (χ0) is 10.9. The Kier molecular flexibility index (Phi) is 5.26. The summed E-state index contributed by atoms with van der Waals surface area (Å²) in [6.45, 7) is 6.49. The number of halogens is 2. The topological polar surface area (TPSA) is 29.3 Å². The van der Waals surface area contributed by atoms with Crippen molar-refractivity contribution in [1.82, 2.24) is 4.90 Å². The Bertz CT molecular complexity index is 344. The van der Waals surface area contributed by atoms with E-state index in [4.69, 9.17) is 5.73 Å². The zero-order valence-corrected chi connectivity index (χ0v) is 12.6. The fourth-order valence-corrected chi connectivity index (χ4v) is 3.58. The van der Waals surface area contributed by atoms with Gasteiger partial charge in [-0.05, 0) is 46.9 Å². The van der Waals surface area contributed by atoms with Crippen LogP contribution in [0.25, 0.3) is 0 Å². The summed E-state index contributed by atoms with van der Waals surface area (Å²) in [5, 5.41) is 2.15. The summed E-state index contributed by atoms with van der Waals surface area (Å²) in [6.07, 6.45) is 1.23. The summed E-state index contributed by atoms with van der Waals surface area (Å²) in [5.41, 5.74) is 6.14. The normalized spacial score (nSPS) is 25.7. The monoisotopic (exact) mass is 324 g/mol. The fourth-order valence-electron chi connectivity index (χ4n) is 2.08. The summed E-state index contributed by atoms with van der Waals surface area (Å²) in [4.78, 5) is 3.94. The average molecular weight is 326 g/mol. The number of nitrogens with zero attached hydrogens (tertiary/aromatic N) is 1. The molecule has 0 aliphatic carbocycles. The van der Waals surface area contributed by atoms with Gasteiger partial charge in [0, 0.05) is 27.8 Å². The smallest absolute Gasteiger partial charge is 0.0328 e. The van der Waals surface area contributed by atoms with Crippen LogP contribution >= 0.6 is 39.7 Å². The van der Waals surface area contributed by atoms with Gasteiger partial charge in [0.2, 0.25) is 0 Å². The van der Waals surface area contributed by atoms with Gasteiger partial charge in [-0.3, -0.25) is 4.90 Å². The van der Waals surface area contributed by atoms with Crippen molar-refractivity contribution in [2.24, 2.45) is 11.1 Å². The standard InChI is InChI=1S/C11H17BrN2S.ClH/c1-11(7-13)2-3-14(8-11)5-10-4-9(12)6-15-10;/h4,6H,2-3,5,7-8,13H2,1H3;1H. The molecule has 0 saturated carbocycles. The minimum absolute atomic E-state index is 0. The van der Waals surface area contributed by atoms with Crippen LogP contribution in [0.4, 0.5) is 0 Å². The van der Waals surface area contributed by atoms with Gasteiger partial charge in [-0.15, -0.1) is 23.7 Å². The molecular formula is C11H18BrClN2S. The number of rotatable bonds is 3. The first kappa shape index (κ1) is 14.5. The lowest BCUT2D eigenvalue weighted by molar-refractivity contribution is 0.276. The van der Waals surface area contributed by atoms with Gasteiger partial charge in [0.15, 0.2) is 0 Å². The SMILES string of the molecule is CC1(CN)CCN(Cc2cc(Br)cs2)C1.Cl. The van der Waals surface area contributed by atoms with Crippen LogP contribution in [0.2, 0.25) is 0 Å². The van der Waals surface area contributed by atoms with Crippen molar-refractivity contribution in [3.05, 3.63) is 20.8 Å². The van der Waals surface area contributed by atoms with Gasteiger partial charge in [-0.2, -0.15) is 0 Å². The minimum atomic E-state index is 0. The van der Waals surface area contributed by atoms with Crippen LogP contribution in [-0.2, 0) is 6.54 Å². The Morgan fingerprint density at radius 3 is 2.88 bits per heavy atom. The van der Waals surface area contributed by atoms with Gasteiger partial charge in [0.25, 0.3) is 0 Å². The third-order valence-electron chi connectivity index (χ3n) is 3.13. The molecule has 1 aromatic heterocycles. The van der Waals surface area contributed by atoms with E-state index in [1.54, 1.807) is 0 Å². The van der Waals surface area contributed by atoms with E-state index < -0.39 is 0 Å². The molecule has 0 aromatic carbocycles. The zero-order valence-electron chi connectivity index (χ0n) is 9.41. The van der Waals surface area contributed by atoms with Gasteiger partial charge in [-0.25, -0.2) is 0 Å². The number of hydrogen-bond donors (Lipinski definition) is 1. The maximum Gasteiger partial charge on any atom is 0.0328 e. The van der Waals surface area contributed by atoms with Gasteiger partial charge >= 0.3 is 0 Å². The van der Waals surface area contributed by atoms with Gasteiger partial charge in [-0.1, -0.05) is 6.92 Å². The van der Waals surface area contributed by atoms with Crippen LogP contribution in [0.1, 0.15) is 18.2 Å². The molecule has 2 heterocycles. The lowest BCUT2D eigenvalue weighted by atomic mass is 9.90. The highest BCUT2D eigenvalue weighted by atomic mass is 79.9. The first-order valence-electron chi connectivity index (χ1n) is 5.27. The fraction of sp³-hybridized carbons (Fsp3) is 0.636. The Hall–Kier alpha value is 0.390. The number of hydrogen-bond acceptors (Lipinski definition) is 3. The van der Waals surface area contributed by atoms with Gasteiger partial charge in [0.05, 0.1) is 0 Å². The Morgan fingerprint density at radius 1 is 1.62 bits per heavy atom. The van der Waals surface area contributed by atoms with E-state index in [-0.39, 0.29) is 12.4 Å². The van der Waals surface area contributed by atoms with Crippen LogP contribution in [0.5, 0.6) is 0 Å². The summed E-state index contributed by atoms with van der Waals surface area (Å²) < 4.78 is 1.20. The molecule has 1 unspecified atom stereocenters. The molecule has 0 spiro atoms. The maximum atomic E-state index is 5.80. The highest BCUT2D eigenvalue weighted by Gasteiger charge is 2.32.